The van der Waals surface area contributed by atoms with Gasteiger partial charge in [-0.05, 0) is 12.8 Å². The van der Waals surface area contributed by atoms with Crippen LogP contribution in [-0.4, -0.2) is 109 Å². The van der Waals surface area contributed by atoms with Gasteiger partial charge in [0, 0.05) is 52.2 Å². The molecule has 4 aliphatic rings. The number of ether oxygens (including phenoxy) is 1. The number of nitrogens with zero attached hydrogens (tertiary/aromatic N) is 4. The maximum atomic E-state index is 12.7. The van der Waals surface area contributed by atoms with Crippen molar-refractivity contribution in [2.45, 2.75) is 44.1 Å². The molecule has 0 bridgehead atoms. The Morgan fingerprint density at radius 1 is 0.969 bits per heavy atom. The number of hydrogen-bond acceptors (Lipinski definition) is 7. The zero-order valence-electron chi connectivity index (χ0n) is 18.3. The molecular weight excluding hydrogens is 440 g/mol. The van der Waals surface area contributed by atoms with Gasteiger partial charge in [-0.2, -0.15) is 22.0 Å². The van der Waals surface area contributed by atoms with Crippen molar-refractivity contribution in [2.24, 2.45) is 0 Å². The first-order valence-electron chi connectivity index (χ1n) is 11.3. The fourth-order valence-electron chi connectivity index (χ4n) is 4.78. The van der Waals surface area contributed by atoms with E-state index >= 15 is 0 Å². The van der Waals surface area contributed by atoms with Crippen molar-refractivity contribution in [2.75, 3.05) is 59.0 Å². The fourth-order valence-corrected chi connectivity index (χ4v) is 6.34. The molecule has 1 saturated carbocycles. The van der Waals surface area contributed by atoms with Crippen LogP contribution in [0.4, 0.5) is 4.79 Å². The number of nitrogens with one attached hydrogen (secondary N) is 2. The summed E-state index contributed by atoms with van der Waals surface area (Å²) in [5.41, 5.74) is 1.58. The molecule has 2 N–H and O–H groups in total. The zero-order valence-corrected chi connectivity index (χ0v) is 19.1. The molecule has 13 heteroatoms. The van der Waals surface area contributed by atoms with Gasteiger partial charge in [0.05, 0.1) is 13.2 Å². The second kappa shape index (κ2) is 9.59. The third kappa shape index (κ3) is 4.76. The Labute approximate surface area is 188 Å². The van der Waals surface area contributed by atoms with Crippen LogP contribution < -0.4 is 10.7 Å². The molecule has 0 unspecified atom stereocenters. The van der Waals surface area contributed by atoms with E-state index in [1.54, 1.807) is 0 Å². The lowest BCUT2D eigenvalue weighted by Gasteiger charge is -2.37. The van der Waals surface area contributed by atoms with Crippen molar-refractivity contribution in [3.8, 4) is 0 Å². The first kappa shape index (κ1) is 23.4. The van der Waals surface area contributed by atoms with Gasteiger partial charge >= 0.3 is 6.03 Å². The number of hydrogen-bond donors (Lipinski definition) is 2. The normalized spacial score (nSPS) is 25.8. The lowest BCUT2D eigenvalue weighted by molar-refractivity contribution is -0.140. The number of morpholine rings is 1. The van der Waals surface area contributed by atoms with Crippen molar-refractivity contribution in [1.82, 2.24) is 29.3 Å². The van der Waals surface area contributed by atoms with Crippen molar-refractivity contribution in [3.63, 3.8) is 0 Å². The Morgan fingerprint density at radius 3 is 2.25 bits per heavy atom. The molecule has 0 aromatic rings. The van der Waals surface area contributed by atoms with E-state index in [1.807, 2.05) is 4.90 Å². The molecule has 0 aromatic carbocycles. The second-order valence-electron chi connectivity index (χ2n) is 8.76. The van der Waals surface area contributed by atoms with Crippen LogP contribution in [0.15, 0.2) is 0 Å². The SMILES string of the molecule is O=C(CCN1CCN(S(=O)(=O)N2CCOCC2)CC1)NN1C(=O)NC2(CCCCC2)C1=O. The Hall–Kier alpha value is -1.80. The third-order valence-electron chi connectivity index (χ3n) is 6.71. The maximum Gasteiger partial charge on any atom is 0.344 e. The van der Waals surface area contributed by atoms with Gasteiger partial charge in [0.2, 0.25) is 5.91 Å². The van der Waals surface area contributed by atoms with Gasteiger partial charge in [0.25, 0.3) is 16.1 Å². The van der Waals surface area contributed by atoms with Crippen molar-refractivity contribution in [3.05, 3.63) is 0 Å². The molecule has 32 heavy (non-hydrogen) atoms. The number of urea groups is 1. The van der Waals surface area contributed by atoms with E-state index in [9.17, 15) is 22.8 Å². The Kier molecular flexibility index (Phi) is 7.00. The summed E-state index contributed by atoms with van der Waals surface area (Å²) >= 11 is 0. The lowest BCUT2D eigenvalue weighted by Crippen LogP contribution is -2.55. The van der Waals surface area contributed by atoms with Gasteiger partial charge in [-0.3, -0.25) is 15.0 Å². The Balaban J connectivity index is 1.22. The quantitative estimate of drug-likeness (QED) is 0.467. The lowest BCUT2D eigenvalue weighted by atomic mass is 9.82. The van der Waals surface area contributed by atoms with Gasteiger partial charge < -0.3 is 15.0 Å². The van der Waals surface area contributed by atoms with Crippen molar-refractivity contribution >= 4 is 28.1 Å². The predicted octanol–water partition coefficient (Wildman–Crippen LogP) is -1.14. The van der Waals surface area contributed by atoms with Gasteiger partial charge in [-0.1, -0.05) is 19.3 Å². The summed E-state index contributed by atoms with van der Waals surface area (Å²) in [6, 6.07) is -0.577. The molecule has 3 saturated heterocycles. The molecule has 3 aliphatic heterocycles. The minimum absolute atomic E-state index is 0.111. The van der Waals surface area contributed by atoms with Gasteiger partial charge in [0.15, 0.2) is 0 Å². The summed E-state index contributed by atoms with van der Waals surface area (Å²) < 4.78 is 33.6. The molecule has 4 amide bonds. The smallest absolute Gasteiger partial charge is 0.344 e. The highest BCUT2D eigenvalue weighted by molar-refractivity contribution is 7.86. The van der Waals surface area contributed by atoms with Crippen LogP contribution in [-0.2, 0) is 24.5 Å². The number of imide groups is 1. The summed E-state index contributed by atoms with van der Waals surface area (Å²) in [6.07, 6.45) is 4.10. The van der Waals surface area contributed by atoms with E-state index in [2.05, 4.69) is 10.7 Å². The molecule has 0 radical (unpaired) electrons. The highest BCUT2D eigenvalue weighted by atomic mass is 32.2. The van der Waals surface area contributed by atoms with E-state index in [4.69, 9.17) is 4.74 Å². The van der Waals surface area contributed by atoms with Crippen LogP contribution in [0.1, 0.15) is 38.5 Å². The van der Waals surface area contributed by atoms with E-state index in [0.717, 1.165) is 24.3 Å². The molecule has 4 fully saturated rings. The minimum atomic E-state index is -3.49. The van der Waals surface area contributed by atoms with E-state index < -0.39 is 27.7 Å². The molecule has 0 aromatic heterocycles. The van der Waals surface area contributed by atoms with Gasteiger partial charge in [0.1, 0.15) is 5.54 Å². The van der Waals surface area contributed by atoms with Crippen LogP contribution in [0.2, 0.25) is 0 Å². The average Bonchev–Trinajstić information content (AvgIpc) is 3.02. The number of hydrazine groups is 1. The van der Waals surface area contributed by atoms with E-state index in [0.29, 0.717) is 71.9 Å². The molecular formula is C19H32N6O6S. The van der Waals surface area contributed by atoms with E-state index in [-0.39, 0.29) is 12.3 Å². The number of rotatable bonds is 6. The summed E-state index contributed by atoms with van der Waals surface area (Å²) in [5, 5.41) is 3.58. The number of carbonyl (C=O) groups excluding carboxylic acids is 3. The highest BCUT2D eigenvalue weighted by Crippen LogP contribution is 2.33. The van der Waals surface area contributed by atoms with Crippen LogP contribution >= 0.6 is 0 Å². The summed E-state index contributed by atoms with van der Waals surface area (Å²) in [4.78, 5) is 39.4. The van der Waals surface area contributed by atoms with E-state index in [1.165, 1.54) is 8.61 Å². The van der Waals surface area contributed by atoms with Crippen LogP contribution in [0.5, 0.6) is 0 Å². The Bertz CT molecular complexity index is 831. The standard InChI is InChI=1S/C19H32N6O6S/c26-16(21-25-17(27)19(20-18(25)28)5-2-1-3-6-19)4-7-22-8-10-23(11-9-22)32(29,30)24-12-14-31-15-13-24/h1-15H2,(H,20,28)(H,21,26). The molecule has 1 aliphatic carbocycles. The zero-order chi connectivity index (χ0) is 22.8. The predicted molar refractivity (Wildman–Crippen MR) is 113 cm³/mol. The topological polar surface area (TPSA) is 132 Å². The molecule has 0 atom stereocenters. The summed E-state index contributed by atoms with van der Waals surface area (Å²) in [5.74, 6) is -0.790. The Morgan fingerprint density at radius 2 is 1.59 bits per heavy atom. The number of piperazine rings is 1. The van der Waals surface area contributed by atoms with Gasteiger partial charge in [-0.15, -0.1) is 0 Å². The summed E-state index contributed by atoms with van der Waals surface area (Å²) in [7, 11) is -3.49. The first-order chi connectivity index (χ1) is 15.3. The summed E-state index contributed by atoms with van der Waals surface area (Å²) in [6.45, 7) is 3.73. The number of amides is 4. The molecule has 12 nitrogen and oxygen atoms in total. The first-order valence-corrected chi connectivity index (χ1v) is 12.7. The monoisotopic (exact) mass is 472 g/mol. The largest absolute Gasteiger partial charge is 0.379 e. The second-order valence-corrected chi connectivity index (χ2v) is 10.7. The van der Waals surface area contributed by atoms with Gasteiger partial charge in [-0.25, -0.2) is 4.79 Å². The minimum Gasteiger partial charge on any atom is -0.379 e. The molecule has 180 valence electrons. The molecule has 3 heterocycles. The molecule has 4 rings (SSSR count). The fraction of sp³-hybridized carbons (Fsp3) is 0.842. The average molecular weight is 473 g/mol. The van der Waals surface area contributed by atoms with Crippen LogP contribution in [0.25, 0.3) is 0 Å². The third-order valence-corrected chi connectivity index (χ3v) is 8.75. The number of carbonyl (C=O) groups is 3. The highest BCUT2D eigenvalue weighted by Gasteiger charge is 2.52. The molecule has 1 spiro atoms. The van der Waals surface area contributed by atoms with Crippen molar-refractivity contribution in [1.29, 1.82) is 0 Å². The van der Waals surface area contributed by atoms with Crippen LogP contribution in [0.3, 0.4) is 0 Å². The van der Waals surface area contributed by atoms with Crippen LogP contribution in [0, 0.1) is 0 Å². The maximum absolute atomic E-state index is 12.7. The van der Waals surface area contributed by atoms with Crippen molar-refractivity contribution < 1.29 is 27.5 Å².